The molecule has 0 N–H and O–H groups in total. The van der Waals surface area contributed by atoms with E-state index in [2.05, 4.69) is 27.0 Å². The van der Waals surface area contributed by atoms with Crippen LogP contribution in [0.25, 0.3) is 11.1 Å². The lowest BCUT2D eigenvalue weighted by Crippen LogP contribution is -2.16. The lowest BCUT2D eigenvalue weighted by Gasteiger charge is -2.22. The molecule has 0 unspecified atom stereocenters. The van der Waals surface area contributed by atoms with E-state index in [-0.39, 0.29) is 13.2 Å². The number of hydrogen-bond acceptors (Lipinski definition) is 8. The third kappa shape index (κ3) is 7.70. The summed E-state index contributed by atoms with van der Waals surface area (Å²) in [7, 11) is 0. The summed E-state index contributed by atoms with van der Waals surface area (Å²) in [4.78, 5) is 48.8. The summed E-state index contributed by atoms with van der Waals surface area (Å²) in [5.74, 6) is -1.05. The van der Waals surface area contributed by atoms with Crippen LogP contribution in [-0.4, -0.2) is 37.1 Å². The monoisotopic (exact) mass is 658 g/mol. The second-order valence-corrected chi connectivity index (χ2v) is 12.3. The van der Waals surface area contributed by atoms with Gasteiger partial charge in [0.05, 0.1) is 24.3 Å². The zero-order chi connectivity index (χ0) is 35.3. The van der Waals surface area contributed by atoms with E-state index in [1.165, 1.54) is 0 Å². The molecule has 1 aliphatic rings. The Hall–Kier alpha value is -5.76. The first-order valence-electron chi connectivity index (χ1n) is 15.9. The van der Waals surface area contributed by atoms with Gasteiger partial charge in [-0.1, -0.05) is 51.3 Å². The number of carbonyl (C=O) groups excluding carboxylic acids is 4. The van der Waals surface area contributed by atoms with Crippen molar-refractivity contribution in [2.45, 2.75) is 46.0 Å². The Morgan fingerprint density at radius 3 is 1.39 bits per heavy atom. The number of benzene rings is 4. The molecule has 4 aromatic rings. The van der Waals surface area contributed by atoms with Crippen molar-refractivity contribution in [3.8, 4) is 22.6 Å². The van der Waals surface area contributed by atoms with Gasteiger partial charge in [0.2, 0.25) is 0 Å². The van der Waals surface area contributed by atoms with Crippen molar-refractivity contribution < 1.29 is 38.1 Å². The van der Waals surface area contributed by atoms with Crippen molar-refractivity contribution in [2.24, 2.45) is 0 Å². The van der Waals surface area contributed by atoms with Gasteiger partial charge >= 0.3 is 23.9 Å². The maximum atomic E-state index is 13.1. The molecule has 0 saturated heterocycles. The molecule has 5 rings (SSSR count). The highest BCUT2D eigenvalue weighted by molar-refractivity contribution is 5.93. The molecule has 1 aliphatic carbocycles. The van der Waals surface area contributed by atoms with Gasteiger partial charge in [-0.15, -0.1) is 0 Å². The molecular formula is C41H38O8. The van der Waals surface area contributed by atoms with E-state index in [0.717, 1.165) is 56.7 Å². The zero-order valence-electron chi connectivity index (χ0n) is 28.1. The maximum Gasteiger partial charge on any atom is 0.343 e. The molecule has 49 heavy (non-hydrogen) atoms. The summed E-state index contributed by atoms with van der Waals surface area (Å²) in [6, 6.07) is 21.8. The molecule has 0 saturated carbocycles. The highest BCUT2D eigenvalue weighted by Crippen LogP contribution is 2.50. The van der Waals surface area contributed by atoms with Crippen molar-refractivity contribution in [1.29, 1.82) is 0 Å². The average molecular weight is 659 g/mol. The standard InChI is InChI=1S/C41H38O8/c1-7-37(42)46-19-17-27-9-11-29(21-25(27)3)39(44)48-31-13-15-33-34-16-14-32(24-36(34)41(5,6)35(33)23-31)49-40(45)30-12-10-28(26(4)22-30)18-20-47-38(43)8-2/h7-16,21-24H,1-2,17-20H2,3-6H3. The van der Waals surface area contributed by atoms with Gasteiger partial charge in [-0.2, -0.15) is 0 Å². The van der Waals surface area contributed by atoms with Crippen LogP contribution in [0.3, 0.4) is 0 Å². The smallest absolute Gasteiger partial charge is 0.343 e. The summed E-state index contributed by atoms with van der Waals surface area (Å²) < 4.78 is 21.7. The predicted octanol–water partition coefficient (Wildman–Crippen LogP) is 7.59. The molecule has 0 heterocycles. The van der Waals surface area contributed by atoms with Crippen molar-refractivity contribution in [3.63, 3.8) is 0 Å². The summed E-state index contributed by atoms with van der Waals surface area (Å²) in [5, 5.41) is 0. The van der Waals surface area contributed by atoms with Crippen LogP contribution in [0, 0.1) is 13.8 Å². The van der Waals surface area contributed by atoms with Crippen molar-refractivity contribution in [1.82, 2.24) is 0 Å². The Kier molecular flexibility index (Phi) is 10.3. The minimum absolute atomic E-state index is 0.222. The molecule has 8 heteroatoms. The molecule has 0 atom stereocenters. The number of fused-ring (bicyclic) bond motifs is 3. The van der Waals surface area contributed by atoms with Crippen LogP contribution in [0.15, 0.2) is 98.1 Å². The topological polar surface area (TPSA) is 105 Å². The molecule has 250 valence electrons. The first-order valence-corrected chi connectivity index (χ1v) is 15.9. The first kappa shape index (κ1) is 34.6. The Morgan fingerprint density at radius 1 is 0.612 bits per heavy atom. The average Bonchev–Trinajstić information content (AvgIpc) is 3.30. The van der Waals surface area contributed by atoms with Crippen LogP contribution in [0.2, 0.25) is 0 Å². The number of rotatable bonds is 12. The molecule has 0 spiro atoms. The van der Waals surface area contributed by atoms with E-state index >= 15 is 0 Å². The Labute approximate surface area is 286 Å². The Bertz CT molecular complexity index is 1840. The maximum absolute atomic E-state index is 13.1. The number of hydrogen-bond donors (Lipinski definition) is 0. The molecule has 8 nitrogen and oxygen atoms in total. The second-order valence-electron chi connectivity index (χ2n) is 12.3. The molecule has 0 fully saturated rings. The van der Waals surface area contributed by atoms with Crippen LogP contribution in [0.1, 0.15) is 67.9 Å². The van der Waals surface area contributed by atoms with Gasteiger partial charge in [-0.3, -0.25) is 0 Å². The van der Waals surface area contributed by atoms with Crippen molar-refractivity contribution in [2.75, 3.05) is 13.2 Å². The summed E-state index contributed by atoms with van der Waals surface area (Å²) in [5.41, 5.74) is 8.08. The molecule has 4 aromatic carbocycles. The largest absolute Gasteiger partial charge is 0.462 e. The van der Waals surface area contributed by atoms with Gasteiger partial charge in [-0.05, 0) is 107 Å². The molecule has 0 aromatic heterocycles. The SMILES string of the molecule is C=CC(=O)OCCc1ccc(C(=O)Oc2ccc3c(c2)C(C)(C)c2cc(OC(=O)c4ccc(CCOC(=O)C=C)c(C)c4)ccc2-3)cc1C. The van der Waals surface area contributed by atoms with Crippen molar-refractivity contribution in [3.05, 3.63) is 143 Å². The van der Waals surface area contributed by atoms with Gasteiger partial charge < -0.3 is 18.9 Å². The highest BCUT2D eigenvalue weighted by atomic mass is 16.5. The lowest BCUT2D eigenvalue weighted by molar-refractivity contribution is -0.138. The number of esters is 4. The van der Waals surface area contributed by atoms with Crippen LogP contribution in [-0.2, 0) is 37.3 Å². The summed E-state index contributed by atoms with van der Waals surface area (Å²) in [6.07, 6.45) is 3.29. The van der Waals surface area contributed by atoms with Crippen LogP contribution < -0.4 is 9.47 Å². The highest BCUT2D eigenvalue weighted by Gasteiger charge is 2.36. The lowest BCUT2D eigenvalue weighted by atomic mass is 9.82. The van der Waals surface area contributed by atoms with Gasteiger partial charge in [0.1, 0.15) is 11.5 Å². The van der Waals surface area contributed by atoms with E-state index in [4.69, 9.17) is 18.9 Å². The second kappa shape index (κ2) is 14.6. The number of aryl methyl sites for hydroxylation is 2. The fourth-order valence-corrected chi connectivity index (χ4v) is 6.00. The summed E-state index contributed by atoms with van der Waals surface area (Å²) >= 11 is 0. The van der Waals surface area contributed by atoms with Gasteiger partial charge in [-0.25, -0.2) is 19.2 Å². The predicted molar refractivity (Wildman–Crippen MR) is 186 cm³/mol. The van der Waals surface area contributed by atoms with Crippen LogP contribution in [0.5, 0.6) is 11.5 Å². The molecular weight excluding hydrogens is 620 g/mol. The van der Waals surface area contributed by atoms with Crippen LogP contribution >= 0.6 is 0 Å². The third-order valence-corrected chi connectivity index (χ3v) is 8.76. The fourth-order valence-electron chi connectivity index (χ4n) is 6.00. The first-order chi connectivity index (χ1) is 23.4. The summed E-state index contributed by atoms with van der Waals surface area (Å²) in [6.45, 7) is 15.2. The third-order valence-electron chi connectivity index (χ3n) is 8.76. The van der Waals surface area contributed by atoms with Gasteiger partial charge in [0.25, 0.3) is 0 Å². The number of ether oxygens (including phenoxy) is 4. The van der Waals surface area contributed by atoms with E-state index in [0.29, 0.717) is 35.5 Å². The van der Waals surface area contributed by atoms with Gasteiger partial charge in [0.15, 0.2) is 0 Å². The van der Waals surface area contributed by atoms with E-state index in [9.17, 15) is 19.2 Å². The normalized spacial score (nSPS) is 12.2. The Balaban J connectivity index is 1.26. The van der Waals surface area contributed by atoms with E-state index < -0.39 is 29.3 Å². The minimum atomic E-state index is -0.477. The fraction of sp³-hybridized carbons (Fsp3) is 0.220. The number of carbonyl (C=O) groups is 4. The van der Waals surface area contributed by atoms with Crippen molar-refractivity contribution >= 4 is 23.9 Å². The zero-order valence-corrected chi connectivity index (χ0v) is 28.1. The van der Waals surface area contributed by atoms with Gasteiger partial charge in [0, 0.05) is 30.4 Å². The Morgan fingerprint density at radius 2 is 1.02 bits per heavy atom. The minimum Gasteiger partial charge on any atom is -0.462 e. The van der Waals surface area contributed by atoms with Crippen LogP contribution in [0.4, 0.5) is 0 Å². The van der Waals surface area contributed by atoms with E-state index in [1.54, 1.807) is 36.4 Å². The molecule has 0 bridgehead atoms. The molecule has 0 amide bonds. The quantitative estimate of drug-likeness (QED) is 0.0871. The molecule has 0 radical (unpaired) electrons. The van der Waals surface area contributed by atoms with E-state index in [1.807, 2.05) is 50.2 Å². The molecule has 0 aliphatic heterocycles.